The Kier molecular flexibility index (Phi) is 6.13. The number of hydrogen-bond donors (Lipinski definition) is 1. The lowest BCUT2D eigenvalue weighted by Crippen LogP contribution is -2.43. The van der Waals surface area contributed by atoms with Gasteiger partial charge in [0.25, 0.3) is 0 Å². The molecule has 1 aliphatic carbocycles. The fourth-order valence-corrected chi connectivity index (χ4v) is 3.25. The van der Waals surface area contributed by atoms with Crippen molar-refractivity contribution in [2.24, 2.45) is 0 Å². The van der Waals surface area contributed by atoms with Crippen LogP contribution in [0.5, 0.6) is 0 Å². The van der Waals surface area contributed by atoms with Gasteiger partial charge in [-0.15, -0.1) is 0 Å². The van der Waals surface area contributed by atoms with Gasteiger partial charge in [0, 0.05) is 13.0 Å². The Bertz CT molecular complexity index is 553. The van der Waals surface area contributed by atoms with Gasteiger partial charge in [-0.3, -0.25) is 9.59 Å². The number of ether oxygens (including phenoxy) is 1. The first-order valence-corrected chi connectivity index (χ1v) is 8.28. The lowest BCUT2D eigenvalue weighted by atomic mass is 9.78. The van der Waals surface area contributed by atoms with Gasteiger partial charge >= 0.3 is 5.97 Å². The number of benzene rings is 1. The number of carbonyl (C=O) groups is 2. The van der Waals surface area contributed by atoms with Crippen molar-refractivity contribution >= 4 is 11.9 Å². The van der Waals surface area contributed by atoms with Crippen LogP contribution in [-0.4, -0.2) is 25.0 Å². The van der Waals surface area contributed by atoms with Crippen LogP contribution in [0.4, 0.5) is 4.39 Å². The van der Waals surface area contributed by atoms with Crippen LogP contribution in [0.2, 0.25) is 0 Å². The van der Waals surface area contributed by atoms with Crippen molar-refractivity contribution < 1.29 is 18.7 Å². The third-order valence-electron chi connectivity index (χ3n) is 4.42. The number of hydrogen-bond acceptors (Lipinski definition) is 3. The molecule has 1 N–H and O–H groups in total. The van der Waals surface area contributed by atoms with E-state index in [9.17, 15) is 14.0 Å². The predicted octanol–water partition coefficient (Wildman–Crippen LogP) is 3.10. The van der Waals surface area contributed by atoms with E-state index >= 15 is 0 Å². The summed E-state index contributed by atoms with van der Waals surface area (Å²) in [7, 11) is 0. The van der Waals surface area contributed by atoms with Gasteiger partial charge in [-0.25, -0.2) is 4.39 Å². The third kappa shape index (κ3) is 4.30. The van der Waals surface area contributed by atoms with Gasteiger partial charge in [0.1, 0.15) is 5.82 Å². The molecule has 0 spiro atoms. The number of carbonyl (C=O) groups excluding carboxylic acids is 2. The minimum atomic E-state index is -0.633. The van der Waals surface area contributed by atoms with Gasteiger partial charge in [-0.05, 0) is 43.9 Å². The largest absolute Gasteiger partial charge is 0.466 e. The minimum absolute atomic E-state index is 0.0653. The van der Waals surface area contributed by atoms with Crippen molar-refractivity contribution in [1.29, 1.82) is 0 Å². The van der Waals surface area contributed by atoms with E-state index in [4.69, 9.17) is 4.74 Å². The van der Waals surface area contributed by atoms with Gasteiger partial charge in [0.2, 0.25) is 5.91 Å². The van der Waals surface area contributed by atoms with Crippen LogP contribution in [0.15, 0.2) is 24.3 Å². The van der Waals surface area contributed by atoms with Crippen molar-refractivity contribution in [1.82, 2.24) is 5.32 Å². The van der Waals surface area contributed by atoms with E-state index < -0.39 is 5.41 Å². The first-order valence-electron chi connectivity index (χ1n) is 8.28. The Hall–Kier alpha value is -1.91. The molecule has 5 heteroatoms. The van der Waals surface area contributed by atoms with Crippen LogP contribution >= 0.6 is 0 Å². The van der Waals surface area contributed by atoms with Crippen molar-refractivity contribution in [3.05, 3.63) is 35.6 Å². The van der Waals surface area contributed by atoms with Crippen molar-refractivity contribution in [2.75, 3.05) is 13.2 Å². The van der Waals surface area contributed by atoms with Gasteiger partial charge in [-0.2, -0.15) is 0 Å². The Morgan fingerprint density at radius 3 is 2.70 bits per heavy atom. The maximum Gasteiger partial charge on any atom is 0.305 e. The van der Waals surface area contributed by atoms with E-state index in [1.54, 1.807) is 13.0 Å². The fraction of sp³-hybridized carbons (Fsp3) is 0.556. The highest BCUT2D eigenvalue weighted by Crippen LogP contribution is 2.41. The fourth-order valence-electron chi connectivity index (χ4n) is 3.25. The van der Waals surface area contributed by atoms with E-state index in [2.05, 4.69) is 5.32 Å². The molecule has 1 aromatic rings. The molecule has 1 aromatic carbocycles. The van der Waals surface area contributed by atoms with Crippen molar-refractivity contribution in [2.45, 2.75) is 50.9 Å². The Balaban J connectivity index is 1.96. The predicted molar refractivity (Wildman–Crippen MR) is 85.4 cm³/mol. The second-order valence-corrected chi connectivity index (χ2v) is 5.96. The summed E-state index contributed by atoms with van der Waals surface area (Å²) in [6.07, 6.45) is 4.24. The first-order chi connectivity index (χ1) is 11.1. The van der Waals surface area contributed by atoms with E-state index in [1.807, 2.05) is 6.07 Å². The zero-order chi connectivity index (χ0) is 16.7. The average Bonchev–Trinajstić information content (AvgIpc) is 3.02. The van der Waals surface area contributed by atoms with E-state index in [-0.39, 0.29) is 17.7 Å². The summed E-state index contributed by atoms with van der Waals surface area (Å²) in [5.41, 5.74) is 0.115. The Morgan fingerprint density at radius 2 is 2.04 bits per heavy atom. The number of amides is 1. The molecule has 0 saturated heterocycles. The summed E-state index contributed by atoms with van der Waals surface area (Å²) in [5.74, 6) is -0.629. The van der Waals surface area contributed by atoms with Crippen LogP contribution in [-0.2, 0) is 19.7 Å². The number of nitrogens with one attached hydrogen (secondary N) is 1. The van der Waals surface area contributed by atoms with E-state index in [0.717, 1.165) is 31.2 Å². The molecule has 0 aromatic heterocycles. The standard InChI is InChI=1S/C18H24FNO3/c1-2-23-16(21)9-6-12-20-17(22)18(10-3-4-11-18)14-7-5-8-15(19)13-14/h5,7-8,13H,2-4,6,9-12H2,1H3,(H,20,22). The number of halogens is 1. The molecule has 0 heterocycles. The summed E-state index contributed by atoms with van der Waals surface area (Å²) in [6.45, 7) is 2.56. The highest BCUT2D eigenvalue weighted by atomic mass is 19.1. The zero-order valence-corrected chi connectivity index (χ0v) is 13.6. The van der Waals surface area contributed by atoms with Crippen LogP contribution in [0.1, 0.15) is 51.0 Å². The number of rotatable bonds is 7. The molecule has 4 nitrogen and oxygen atoms in total. The molecule has 1 amide bonds. The molecule has 23 heavy (non-hydrogen) atoms. The average molecular weight is 321 g/mol. The SMILES string of the molecule is CCOC(=O)CCCNC(=O)C1(c2cccc(F)c2)CCCC1. The molecular weight excluding hydrogens is 297 g/mol. The summed E-state index contributed by atoms with van der Waals surface area (Å²) in [4.78, 5) is 24.0. The summed E-state index contributed by atoms with van der Waals surface area (Å²) in [5, 5.41) is 2.91. The molecule has 0 aliphatic heterocycles. The monoisotopic (exact) mass is 321 g/mol. The minimum Gasteiger partial charge on any atom is -0.466 e. The lowest BCUT2D eigenvalue weighted by molar-refractivity contribution is -0.143. The molecule has 126 valence electrons. The summed E-state index contributed by atoms with van der Waals surface area (Å²) >= 11 is 0. The van der Waals surface area contributed by atoms with E-state index in [0.29, 0.717) is 26.0 Å². The molecule has 0 unspecified atom stereocenters. The maximum absolute atomic E-state index is 13.5. The number of esters is 1. The highest BCUT2D eigenvalue weighted by Gasteiger charge is 2.42. The van der Waals surface area contributed by atoms with Gasteiger partial charge < -0.3 is 10.1 Å². The summed E-state index contributed by atoms with van der Waals surface area (Å²) < 4.78 is 18.4. The lowest BCUT2D eigenvalue weighted by Gasteiger charge is -2.28. The zero-order valence-electron chi connectivity index (χ0n) is 13.6. The second-order valence-electron chi connectivity index (χ2n) is 5.96. The second kappa shape index (κ2) is 8.09. The molecular formula is C18H24FNO3. The van der Waals surface area contributed by atoms with E-state index in [1.165, 1.54) is 12.1 Å². The molecule has 0 radical (unpaired) electrons. The van der Waals surface area contributed by atoms with Gasteiger partial charge in [-0.1, -0.05) is 25.0 Å². The van der Waals surface area contributed by atoms with Gasteiger partial charge in [0.05, 0.1) is 12.0 Å². The third-order valence-corrected chi connectivity index (χ3v) is 4.42. The van der Waals surface area contributed by atoms with Crippen LogP contribution in [0, 0.1) is 5.82 Å². The molecule has 1 fully saturated rings. The van der Waals surface area contributed by atoms with Crippen molar-refractivity contribution in [3.8, 4) is 0 Å². The van der Waals surface area contributed by atoms with Gasteiger partial charge in [0.15, 0.2) is 0 Å². The quantitative estimate of drug-likeness (QED) is 0.620. The summed E-state index contributed by atoms with van der Waals surface area (Å²) in [6, 6.07) is 6.33. The smallest absolute Gasteiger partial charge is 0.305 e. The topological polar surface area (TPSA) is 55.4 Å². The highest BCUT2D eigenvalue weighted by molar-refractivity contribution is 5.88. The molecule has 0 atom stereocenters. The molecule has 1 saturated carbocycles. The van der Waals surface area contributed by atoms with Crippen LogP contribution in [0.3, 0.4) is 0 Å². The Labute approximate surface area is 136 Å². The normalized spacial score (nSPS) is 16.1. The molecule has 2 rings (SSSR count). The van der Waals surface area contributed by atoms with Crippen molar-refractivity contribution in [3.63, 3.8) is 0 Å². The van der Waals surface area contributed by atoms with Crippen LogP contribution in [0.25, 0.3) is 0 Å². The maximum atomic E-state index is 13.5. The van der Waals surface area contributed by atoms with Crippen LogP contribution < -0.4 is 5.32 Å². The Morgan fingerprint density at radius 1 is 1.30 bits per heavy atom. The molecule has 1 aliphatic rings. The first kappa shape index (κ1) is 17.4. The molecule has 0 bridgehead atoms.